The SMILES string of the molecule is CC(C)n1cc(CO[C@@H]2O[C@H](CO)[C@H](C)[C@H](O)[C@@H]2O)nn1. The summed E-state index contributed by atoms with van der Waals surface area (Å²) < 4.78 is 12.6. The quantitative estimate of drug-likeness (QED) is 0.669. The minimum absolute atomic E-state index is 0.105. The van der Waals surface area contributed by atoms with E-state index in [-0.39, 0.29) is 25.2 Å². The molecule has 8 nitrogen and oxygen atoms in total. The molecule has 1 aliphatic heterocycles. The number of rotatable bonds is 5. The van der Waals surface area contributed by atoms with E-state index in [0.717, 1.165) is 0 Å². The molecule has 0 bridgehead atoms. The second kappa shape index (κ2) is 6.80. The fourth-order valence-electron chi connectivity index (χ4n) is 2.22. The van der Waals surface area contributed by atoms with Crippen molar-refractivity contribution in [2.45, 2.75) is 58.0 Å². The second-order valence-corrected chi connectivity index (χ2v) is 5.66. The zero-order valence-electron chi connectivity index (χ0n) is 12.5. The molecule has 0 saturated carbocycles. The van der Waals surface area contributed by atoms with Crippen LogP contribution in [0.5, 0.6) is 0 Å². The molecule has 21 heavy (non-hydrogen) atoms. The molecule has 1 aromatic rings. The minimum Gasteiger partial charge on any atom is -0.394 e. The zero-order valence-corrected chi connectivity index (χ0v) is 12.5. The van der Waals surface area contributed by atoms with Crippen molar-refractivity contribution in [1.82, 2.24) is 15.0 Å². The van der Waals surface area contributed by atoms with Crippen molar-refractivity contribution in [3.05, 3.63) is 11.9 Å². The maximum atomic E-state index is 9.97. The molecule has 5 atom stereocenters. The Morgan fingerprint density at radius 1 is 1.38 bits per heavy atom. The van der Waals surface area contributed by atoms with Crippen LogP contribution in [0.1, 0.15) is 32.5 Å². The molecule has 2 heterocycles. The highest BCUT2D eigenvalue weighted by Crippen LogP contribution is 2.26. The van der Waals surface area contributed by atoms with Crippen molar-refractivity contribution in [3.8, 4) is 0 Å². The molecule has 1 fully saturated rings. The van der Waals surface area contributed by atoms with Crippen molar-refractivity contribution >= 4 is 0 Å². The summed E-state index contributed by atoms with van der Waals surface area (Å²) in [5.41, 5.74) is 0.605. The number of hydrogen-bond acceptors (Lipinski definition) is 7. The van der Waals surface area contributed by atoms with E-state index in [4.69, 9.17) is 9.47 Å². The van der Waals surface area contributed by atoms with E-state index in [1.165, 1.54) is 0 Å². The van der Waals surface area contributed by atoms with E-state index in [1.807, 2.05) is 13.8 Å². The van der Waals surface area contributed by atoms with E-state index in [1.54, 1.807) is 17.8 Å². The predicted molar refractivity (Wildman–Crippen MR) is 72.1 cm³/mol. The van der Waals surface area contributed by atoms with E-state index in [2.05, 4.69) is 10.3 Å². The summed E-state index contributed by atoms with van der Waals surface area (Å²) in [6, 6.07) is 0.198. The van der Waals surface area contributed by atoms with Crippen LogP contribution in [0.15, 0.2) is 6.20 Å². The predicted octanol–water partition coefficient (Wildman–Crippen LogP) is -0.549. The summed E-state index contributed by atoms with van der Waals surface area (Å²) >= 11 is 0. The first-order chi connectivity index (χ1) is 9.93. The molecule has 3 N–H and O–H groups in total. The number of aliphatic hydroxyl groups excluding tert-OH is 3. The lowest BCUT2D eigenvalue weighted by Crippen LogP contribution is -2.55. The van der Waals surface area contributed by atoms with Gasteiger partial charge in [-0.3, -0.25) is 0 Å². The molecule has 0 aliphatic carbocycles. The number of aliphatic hydroxyl groups is 3. The molecule has 120 valence electrons. The van der Waals surface area contributed by atoms with Gasteiger partial charge in [0.05, 0.1) is 31.6 Å². The van der Waals surface area contributed by atoms with Crippen LogP contribution in [-0.4, -0.2) is 61.5 Å². The molecule has 8 heteroatoms. The molecule has 0 amide bonds. The van der Waals surface area contributed by atoms with Gasteiger partial charge >= 0.3 is 0 Å². The van der Waals surface area contributed by atoms with Gasteiger partial charge in [0.1, 0.15) is 11.8 Å². The van der Waals surface area contributed by atoms with Crippen molar-refractivity contribution in [1.29, 1.82) is 0 Å². The standard InChI is InChI=1S/C13H23N3O5/c1-7(2)16-4-9(14-15-16)6-20-13-12(19)11(18)8(3)10(5-17)21-13/h4,7-8,10-13,17-19H,5-6H2,1-3H3/t8-,10+,11-,12-,13+/m0/s1. The third-order valence-electron chi connectivity index (χ3n) is 3.73. The Bertz CT molecular complexity index is 451. The van der Waals surface area contributed by atoms with E-state index >= 15 is 0 Å². The maximum absolute atomic E-state index is 9.97. The van der Waals surface area contributed by atoms with Crippen LogP contribution in [-0.2, 0) is 16.1 Å². The first-order valence-electron chi connectivity index (χ1n) is 7.08. The van der Waals surface area contributed by atoms with Crippen molar-refractivity contribution < 1.29 is 24.8 Å². The minimum atomic E-state index is -1.16. The molecule has 0 unspecified atom stereocenters. The average Bonchev–Trinajstić information content (AvgIpc) is 2.93. The maximum Gasteiger partial charge on any atom is 0.186 e. The molecule has 2 rings (SSSR count). The first-order valence-corrected chi connectivity index (χ1v) is 7.08. The monoisotopic (exact) mass is 301 g/mol. The third-order valence-corrected chi connectivity index (χ3v) is 3.73. The smallest absolute Gasteiger partial charge is 0.186 e. The number of aromatic nitrogens is 3. The van der Waals surface area contributed by atoms with Crippen molar-refractivity contribution in [2.24, 2.45) is 5.92 Å². The highest BCUT2D eigenvalue weighted by molar-refractivity contribution is 4.92. The third kappa shape index (κ3) is 3.58. The Morgan fingerprint density at radius 2 is 2.10 bits per heavy atom. The van der Waals surface area contributed by atoms with Gasteiger partial charge in [0.15, 0.2) is 6.29 Å². The largest absolute Gasteiger partial charge is 0.394 e. The van der Waals surface area contributed by atoms with Crippen LogP contribution in [0.3, 0.4) is 0 Å². The summed E-state index contributed by atoms with van der Waals surface area (Å²) in [6.45, 7) is 5.54. The molecular weight excluding hydrogens is 278 g/mol. The lowest BCUT2D eigenvalue weighted by molar-refractivity contribution is -0.291. The Balaban J connectivity index is 1.94. The summed E-state index contributed by atoms with van der Waals surface area (Å²) in [7, 11) is 0. The van der Waals surface area contributed by atoms with Gasteiger partial charge in [-0.1, -0.05) is 12.1 Å². The van der Waals surface area contributed by atoms with Gasteiger partial charge in [0.25, 0.3) is 0 Å². The molecular formula is C13H23N3O5. The van der Waals surface area contributed by atoms with E-state index < -0.39 is 24.6 Å². The van der Waals surface area contributed by atoms with Crippen LogP contribution in [0.25, 0.3) is 0 Å². The van der Waals surface area contributed by atoms with E-state index in [0.29, 0.717) is 5.69 Å². The highest BCUT2D eigenvalue weighted by Gasteiger charge is 2.42. The number of nitrogens with zero attached hydrogens (tertiary/aromatic N) is 3. The van der Waals surface area contributed by atoms with Crippen LogP contribution in [0.2, 0.25) is 0 Å². The second-order valence-electron chi connectivity index (χ2n) is 5.66. The van der Waals surface area contributed by atoms with Crippen molar-refractivity contribution in [3.63, 3.8) is 0 Å². The Labute approximate surface area is 123 Å². The van der Waals surface area contributed by atoms with Gasteiger partial charge in [-0.25, -0.2) is 4.68 Å². The Morgan fingerprint density at radius 3 is 2.67 bits per heavy atom. The normalized spacial score (nSPS) is 33.6. The van der Waals surface area contributed by atoms with Crippen LogP contribution < -0.4 is 0 Å². The van der Waals surface area contributed by atoms with Crippen LogP contribution in [0.4, 0.5) is 0 Å². The van der Waals surface area contributed by atoms with Gasteiger partial charge in [-0.05, 0) is 13.8 Å². The topological polar surface area (TPSA) is 110 Å². The fraction of sp³-hybridized carbons (Fsp3) is 0.846. The number of ether oxygens (including phenoxy) is 2. The molecule has 0 aromatic carbocycles. The lowest BCUT2D eigenvalue weighted by Gasteiger charge is -2.40. The molecule has 0 spiro atoms. The molecule has 1 saturated heterocycles. The zero-order chi connectivity index (χ0) is 15.6. The summed E-state index contributed by atoms with van der Waals surface area (Å²) in [6.07, 6.45) is -1.99. The van der Waals surface area contributed by atoms with Gasteiger partial charge in [-0.2, -0.15) is 0 Å². The van der Waals surface area contributed by atoms with Gasteiger partial charge in [0.2, 0.25) is 0 Å². The fourth-order valence-corrected chi connectivity index (χ4v) is 2.22. The van der Waals surface area contributed by atoms with Crippen LogP contribution in [0, 0.1) is 5.92 Å². The lowest BCUT2D eigenvalue weighted by atomic mass is 9.91. The summed E-state index contributed by atoms with van der Waals surface area (Å²) in [4.78, 5) is 0. The van der Waals surface area contributed by atoms with Crippen molar-refractivity contribution in [2.75, 3.05) is 6.61 Å². The van der Waals surface area contributed by atoms with Gasteiger partial charge in [-0.15, -0.1) is 5.10 Å². The first kappa shape index (κ1) is 16.3. The Hall–Kier alpha value is -1.06. The molecule has 1 aliphatic rings. The van der Waals surface area contributed by atoms with E-state index in [9.17, 15) is 15.3 Å². The van der Waals surface area contributed by atoms with Crippen LogP contribution >= 0.6 is 0 Å². The average molecular weight is 301 g/mol. The van der Waals surface area contributed by atoms with Gasteiger partial charge < -0.3 is 24.8 Å². The summed E-state index contributed by atoms with van der Waals surface area (Å²) in [5.74, 6) is -0.369. The van der Waals surface area contributed by atoms with Gasteiger partial charge in [0, 0.05) is 12.0 Å². The summed E-state index contributed by atoms with van der Waals surface area (Å²) in [5, 5.41) is 37.1. The Kier molecular flexibility index (Phi) is 5.28. The molecule has 0 radical (unpaired) electrons. The highest BCUT2D eigenvalue weighted by atomic mass is 16.7. The number of hydrogen-bond donors (Lipinski definition) is 3. The molecule has 1 aromatic heterocycles.